The largest absolute Gasteiger partial charge is 0.339 e. The molecular formula is C15H15BrN4. The SMILES string of the molecule is CNC1c2ccc(Br)cc2N=C(c2cccnc2)N1C. The molecule has 1 unspecified atom stereocenters. The molecular weight excluding hydrogens is 316 g/mol. The van der Waals surface area contributed by atoms with Gasteiger partial charge < -0.3 is 4.90 Å². The number of hydrogen-bond acceptors (Lipinski definition) is 4. The molecule has 1 atom stereocenters. The van der Waals surface area contributed by atoms with Crippen LogP contribution in [-0.4, -0.2) is 29.8 Å². The van der Waals surface area contributed by atoms with Crippen molar-refractivity contribution in [3.05, 3.63) is 58.3 Å². The number of benzene rings is 1. The molecule has 5 heteroatoms. The Kier molecular flexibility index (Phi) is 3.54. The van der Waals surface area contributed by atoms with E-state index in [1.807, 2.05) is 44.6 Å². The fraction of sp³-hybridized carbons (Fsp3) is 0.200. The highest BCUT2D eigenvalue weighted by Gasteiger charge is 2.26. The summed E-state index contributed by atoms with van der Waals surface area (Å²) >= 11 is 3.51. The zero-order chi connectivity index (χ0) is 14.1. The maximum absolute atomic E-state index is 4.79. The molecule has 1 aliphatic rings. The highest BCUT2D eigenvalue weighted by molar-refractivity contribution is 9.10. The molecule has 0 saturated heterocycles. The summed E-state index contributed by atoms with van der Waals surface area (Å²) in [5.41, 5.74) is 3.17. The zero-order valence-electron chi connectivity index (χ0n) is 11.3. The van der Waals surface area contributed by atoms with Crippen molar-refractivity contribution in [1.29, 1.82) is 0 Å². The van der Waals surface area contributed by atoms with Gasteiger partial charge in [-0.2, -0.15) is 0 Å². The first-order chi connectivity index (χ1) is 9.70. The van der Waals surface area contributed by atoms with E-state index in [2.05, 4.69) is 37.2 Å². The van der Waals surface area contributed by atoms with Gasteiger partial charge in [-0.3, -0.25) is 10.3 Å². The van der Waals surface area contributed by atoms with Gasteiger partial charge in [0, 0.05) is 35.0 Å². The molecule has 1 aromatic heterocycles. The topological polar surface area (TPSA) is 40.5 Å². The van der Waals surface area contributed by atoms with Gasteiger partial charge in [0.05, 0.1) is 5.69 Å². The highest BCUT2D eigenvalue weighted by atomic mass is 79.9. The summed E-state index contributed by atoms with van der Waals surface area (Å²) in [6.07, 6.45) is 3.71. The Bertz CT molecular complexity index is 654. The molecule has 2 aromatic rings. The minimum Gasteiger partial charge on any atom is -0.339 e. The fourth-order valence-corrected chi connectivity index (χ4v) is 2.83. The molecule has 1 aliphatic heterocycles. The summed E-state index contributed by atoms with van der Waals surface area (Å²) in [5.74, 6) is 0.919. The lowest BCUT2D eigenvalue weighted by Crippen LogP contribution is -2.40. The summed E-state index contributed by atoms with van der Waals surface area (Å²) in [4.78, 5) is 11.1. The van der Waals surface area contributed by atoms with Gasteiger partial charge in [-0.05, 0) is 31.3 Å². The van der Waals surface area contributed by atoms with Crippen LogP contribution < -0.4 is 5.32 Å². The molecule has 0 fully saturated rings. The molecule has 2 heterocycles. The van der Waals surface area contributed by atoms with Gasteiger partial charge in [0.25, 0.3) is 0 Å². The number of aromatic nitrogens is 1. The van der Waals surface area contributed by atoms with Crippen LogP contribution in [0.15, 0.2) is 52.2 Å². The average molecular weight is 331 g/mol. The molecule has 0 bridgehead atoms. The first-order valence-electron chi connectivity index (χ1n) is 6.39. The molecule has 3 rings (SSSR count). The van der Waals surface area contributed by atoms with E-state index in [0.29, 0.717) is 0 Å². The van der Waals surface area contributed by atoms with Crippen LogP contribution in [0.25, 0.3) is 0 Å². The quantitative estimate of drug-likeness (QED) is 0.919. The first kappa shape index (κ1) is 13.3. The lowest BCUT2D eigenvalue weighted by atomic mass is 10.1. The van der Waals surface area contributed by atoms with Gasteiger partial charge in [-0.15, -0.1) is 0 Å². The van der Waals surface area contributed by atoms with E-state index >= 15 is 0 Å². The molecule has 0 spiro atoms. The van der Waals surface area contributed by atoms with Gasteiger partial charge in [0.15, 0.2) is 0 Å². The Morgan fingerprint density at radius 1 is 1.30 bits per heavy atom. The third kappa shape index (κ3) is 2.23. The number of amidine groups is 1. The lowest BCUT2D eigenvalue weighted by Gasteiger charge is -2.35. The average Bonchev–Trinajstić information content (AvgIpc) is 2.48. The number of hydrogen-bond donors (Lipinski definition) is 1. The number of nitrogens with zero attached hydrogens (tertiary/aromatic N) is 3. The number of fused-ring (bicyclic) bond motifs is 1. The fourth-order valence-electron chi connectivity index (χ4n) is 2.48. The molecule has 0 saturated carbocycles. The molecule has 0 radical (unpaired) electrons. The maximum Gasteiger partial charge on any atom is 0.139 e. The number of pyridine rings is 1. The van der Waals surface area contributed by atoms with E-state index in [1.165, 1.54) is 5.56 Å². The molecule has 102 valence electrons. The predicted molar refractivity (Wildman–Crippen MR) is 84.1 cm³/mol. The van der Waals surface area contributed by atoms with E-state index in [4.69, 9.17) is 4.99 Å². The van der Waals surface area contributed by atoms with Crippen molar-refractivity contribution in [2.75, 3.05) is 14.1 Å². The second-order valence-electron chi connectivity index (χ2n) is 4.68. The highest BCUT2D eigenvalue weighted by Crippen LogP contribution is 2.35. The van der Waals surface area contributed by atoms with Crippen molar-refractivity contribution >= 4 is 27.5 Å². The normalized spacial score (nSPS) is 17.6. The van der Waals surface area contributed by atoms with Crippen LogP contribution in [0.3, 0.4) is 0 Å². The molecule has 4 nitrogen and oxygen atoms in total. The lowest BCUT2D eigenvalue weighted by molar-refractivity contribution is 0.327. The Morgan fingerprint density at radius 2 is 2.15 bits per heavy atom. The van der Waals surface area contributed by atoms with Crippen LogP contribution in [0.2, 0.25) is 0 Å². The minimum absolute atomic E-state index is 0.103. The van der Waals surface area contributed by atoms with Crippen molar-refractivity contribution in [2.45, 2.75) is 6.17 Å². The van der Waals surface area contributed by atoms with Crippen LogP contribution in [0, 0.1) is 0 Å². The van der Waals surface area contributed by atoms with Crippen molar-refractivity contribution in [2.24, 2.45) is 4.99 Å². The maximum atomic E-state index is 4.79. The van der Waals surface area contributed by atoms with E-state index < -0.39 is 0 Å². The number of halogens is 1. The monoisotopic (exact) mass is 330 g/mol. The van der Waals surface area contributed by atoms with E-state index in [-0.39, 0.29) is 6.17 Å². The molecule has 0 aliphatic carbocycles. The van der Waals surface area contributed by atoms with E-state index in [0.717, 1.165) is 21.6 Å². The van der Waals surface area contributed by atoms with Crippen LogP contribution in [0.5, 0.6) is 0 Å². The Hall–Kier alpha value is -1.72. The van der Waals surface area contributed by atoms with E-state index in [9.17, 15) is 0 Å². The first-order valence-corrected chi connectivity index (χ1v) is 7.18. The Labute approximate surface area is 126 Å². The molecule has 1 aromatic carbocycles. The van der Waals surface area contributed by atoms with Crippen LogP contribution in [0.1, 0.15) is 17.3 Å². The minimum atomic E-state index is 0.103. The van der Waals surface area contributed by atoms with Crippen molar-refractivity contribution < 1.29 is 0 Å². The third-order valence-corrected chi connectivity index (χ3v) is 3.92. The smallest absolute Gasteiger partial charge is 0.139 e. The zero-order valence-corrected chi connectivity index (χ0v) is 12.9. The number of rotatable bonds is 2. The van der Waals surface area contributed by atoms with Gasteiger partial charge in [-0.1, -0.05) is 22.0 Å². The molecule has 0 amide bonds. The van der Waals surface area contributed by atoms with Crippen LogP contribution >= 0.6 is 15.9 Å². The Morgan fingerprint density at radius 3 is 2.85 bits per heavy atom. The number of aliphatic imine (C=N–C) groups is 1. The van der Waals surface area contributed by atoms with Gasteiger partial charge in [0.1, 0.15) is 12.0 Å². The van der Waals surface area contributed by atoms with Gasteiger partial charge in [-0.25, -0.2) is 4.99 Å². The predicted octanol–water partition coefficient (Wildman–Crippen LogP) is 3.09. The van der Waals surface area contributed by atoms with E-state index in [1.54, 1.807) is 6.20 Å². The standard InChI is InChI=1S/C15H15BrN4/c1-17-15-12-6-5-11(16)8-13(12)19-14(20(15)2)10-4-3-7-18-9-10/h3-9,15,17H,1-2H3. The summed E-state index contributed by atoms with van der Waals surface area (Å²) < 4.78 is 1.03. The third-order valence-electron chi connectivity index (χ3n) is 3.43. The summed E-state index contributed by atoms with van der Waals surface area (Å²) in [6, 6.07) is 10.1. The molecule has 1 N–H and O–H groups in total. The van der Waals surface area contributed by atoms with Crippen LogP contribution in [0.4, 0.5) is 5.69 Å². The van der Waals surface area contributed by atoms with Crippen molar-refractivity contribution in [3.8, 4) is 0 Å². The van der Waals surface area contributed by atoms with Crippen molar-refractivity contribution in [1.82, 2.24) is 15.2 Å². The summed E-state index contributed by atoms with van der Waals surface area (Å²) in [5, 5.41) is 3.34. The second kappa shape index (κ2) is 5.34. The Balaban J connectivity index is 2.16. The summed E-state index contributed by atoms with van der Waals surface area (Å²) in [7, 11) is 4.00. The second-order valence-corrected chi connectivity index (χ2v) is 5.60. The molecule has 20 heavy (non-hydrogen) atoms. The van der Waals surface area contributed by atoms with Gasteiger partial charge in [0.2, 0.25) is 0 Å². The summed E-state index contributed by atoms with van der Waals surface area (Å²) in [6.45, 7) is 0. The number of nitrogens with one attached hydrogen (secondary N) is 1. The van der Waals surface area contributed by atoms with Gasteiger partial charge >= 0.3 is 0 Å². The van der Waals surface area contributed by atoms with Crippen molar-refractivity contribution in [3.63, 3.8) is 0 Å². The van der Waals surface area contributed by atoms with Crippen LogP contribution in [-0.2, 0) is 0 Å².